The fraction of sp³-hybridized carbons (Fsp3) is 0.611. The van der Waals surface area contributed by atoms with Crippen LogP contribution in [0.1, 0.15) is 31.2 Å². The molecule has 0 bridgehead atoms. The summed E-state index contributed by atoms with van der Waals surface area (Å²) in [7, 11) is 4.12. The molecule has 2 N–H and O–H groups in total. The second-order valence-electron chi connectivity index (χ2n) is 6.42. The van der Waals surface area contributed by atoms with Gasteiger partial charge in [-0.05, 0) is 57.6 Å². The van der Waals surface area contributed by atoms with Crippen LogP contribution in [0.25, 0.3) is 0 Å². The minimum atomic E-state index is 0.119. The van der Waals surface area contributed by atoms with E-state index in [1.807, 2.05) is 24.3 Å². The van der Waals surface area contributed by atoms with Gasteiger partial charge in [0, 0.05) is 25.6 Å². The molecular formula is C18H29N3O2. The minimum Gasteiger partial charge on any atom is -0.494 e. The zero-order valence-corrected chi connectivity index (χ0v) is 14.3. The molecule has 1 aromatic rings. The first-order valence-corrected chi connectivity index (χ1v) is 8.50. The van der Waals surface area contributed by atoms with Crippen molar-refractivity contribution < 1.29 is 9.53 Å². The van der Waals surface area contributed by atoms with E-state index in [2.05, 4.69) is 29.6 Å². The van der Waals surface area contributed by atoms with Gasteiger partial charge in [0.15, 0.2) is 0 Å². The summed E-state index contributed by atoms with van der Waals surface area (Å²) in [4.78, 5) is 14.0. The molecule has 1 atom stereocenters. The Hall–Kier alpha value is -1.59. The molecule has 2 rings (SSSR count). The molecule has 1 unspecified atom stereocenters. The minimum absolute atomic E-state index is 0.119. The third-order valence-corrected chi connectivity index (χ3v) is 4.03. The van der Waals surface area contributed by atoms with Gasteiger partial charge in [-0.15, -0.1) is 0 Å². The molecule has 0 aromatic heterocycles. The van der Waals surface area contributed by atoms with E-state index in [0.29, 0.717) is 19.0 Å². The number of carbonyl (C=O) groups excluding carboxylic acids is 1. The van der Waals surface area contributed by atoms with Crippen LogP contribution in [0.5, 0.6) is 5.75 Å². The van der Waals surface area contributed by atoms with Crippen LogP contribution in [0, 0.1) is 0 Å². The Morgan fingerprint density at radius 3 is 2.78 bits per heavy atom. The predicted octanol–water partition coefficient (Wildman–Crippen LogP) is 1.78. The van der Waals surface area contributed by atoms with Crippen molar-refractivity contribution in [2.75, 3.05) is 33.8 Å². The van der Waals surface area contributed by atoms with Gasteiger partial charge in [-0.3, -0.25) is 4.79 Å². The zero-order chi connectivity index (χ0) is 16.5. The van der Waals surface area contributed by atoms with Crippen LogP contribution < -0.4 is 15.4 Å². The maximum atomic E-state index is 11.9. The molecule has 0 radical (unpaired) electrons. The average Bonchev–Trinajstić information content (AvgIpc) is 3.03. The first-order valence-electron chi connectivity index (χ1n) is 8.50. The molecule has 0 spiro atoms. The van der Waals surface area contributed by atoms with Crippen LogP contribution in [0.3, 0.4) is 0 Å². The molecule has 1 fully saturated rings. The molecule has 5 nitrogen and oxygen atoms in total. The topological polar surface area (TPSA) is 53.6 Å². The monoisotopic (exact) mass is 319 g/mol. The highest BCUT2D eigenvalue weighted by molar-refractivity contribution is 5.76. The van der Waals surface area contributed by atoms with E-state index >= 15 is 0 Å². The summed E-state index contributed by atoms with van der Waals surface area (Å²) in [5.74, 6) is 1.00. The fourth-order valence-corrected chi connectivity index (χ4v) is 2.70. The maximum absolute atomic E-state index is 11.9. The normalized spacial score (nSPS) is 17.4. The largest absolute Gasteiger partial charge is 0.494 e. The molecule has 0 aliphatic carbocycles. The summed E-state index contributed by atoms with van der Waals surface area (Å²) < 4.78 is 5.70. The molecular weight excluding hydrogens is 290 g/mol. The number of nitrogens with zero attached hydrogens (tertiary/aromatic N) is 1. The summed E-state index contributed by atoms with van der Waals surface area (Å²) >= 11 is 0. The average molecular weight is 319 g/mol. The summed E-state index contributed by atoms with van der Waals surface area (Å²) in [6.45, 7) is 3.36. The molecule has 1 aliphatic rings. The quantitative estimate of drug-likeness (QED) is 0.681. The Morgan fingerprint density at radius 1 is 1.35 bits per heavy atom. The van der Waals surface area contributed by atoms with E-state index in [1.54, 1.807) is 0 Å². The van der Waals surface area contributed by atoms with Crippen molar-refractivity contribution in [2.24, 2.45) is 0 Å². The van der Waals surface area contributed by atoms with Crippen LogP contribution >= 0.6 is 0 Å². The molecule has 128 valence electrons. The molecule has 1 amide bonds. The summed E-state index contributed by atoms with van der Waals surface area (Å²) in [6.07, 6.45) is 3.87. The smallest absolute Gasteiger partial charge is 0.221 e. The van der Waals surface area contributed by atoms with Gasteiger partial charge in [0.2, 0.25) is 5.91 Å². The van der Waals surface area contributed by atoms with Gasteiger partial charge >= 0.3 is 0 Å². The highest BCUT2D eigenvalue weighted by Crippen LogP contribution is 2.13. The number of amides is 1. The maximum Gasteiger partial charge on any atom is 0.221 e. The Kier molecular flexibility index (Phi) is 7.36. The summed E-state index contributed by atoms with van der Waals surface area (Å²) in [5, 5.41) is 6.33. The van der Waals surface area contributed by atoms with Crippen LogP contribution in [0.4, 0.5) is 0 Å². The molecule has 1 aromatic carbocycles. The standard InChI is InChI=1S/C18H29N3O2/c1-21(2)11-4-12-23-17-8-6-15(7-9-17)14-20-18(22)13-16-5-3-10-19-16/h6-9,16,19H,3-5,10-14H2,1-2H3,(H,20,22). The summed E-state index contributed by atoms with van der Waals surface area (Å²) in [6, 6.07) is 8.31. The van der Waals surface area contributed by atoms with E-state index in [-0.39, 0.29) is 5.91 Å². The number of rotatable bonds is 9. The first kappa shape index (κ1) is 17.8. The van der Waals surface area contributed by atoms with E-state index in [0.717, 1.165) is 43.9 Å². The highest BCUT2D eigenvalue weighted by atomic mass is 16.5. The molecule has 5 heteroatoms. The molecule has 1 aliphatic heterocycles. The third kappa shape index (κ3) is 7.01. The van der Waals surface area contributed by atoms with Crippen LogP contribution in [0.2, 0.25) is 0 Å². The van der Waals surface area contributed by atoms with Crippen molar-refractivity contribution in [2.45, 2.75) is 38.3 Å². The molecule has 1 saturated heterocycles. The van der Waals surface area contributed by atoms with Gasteiger partial charge in [-0.25, -0.2) is 0 Å². The lowest BCUT2D eigenvalue weighted by molar-refractivity contribution is -0.121. The number of hydrogen-bond donors (Lipinski definition) is 2. The van der Waals surface area contributed by atoms with E-state index in [1.165, 1.54) is 6.42 Å². The van der Waals surface area contributed by atoms with E-state index in [9.17, 15) is 4.79 Å². The number of carbonyl (C=O) groups is 1. The Labute approximate surface area is 139 Å². The SMILES string of the molecule is CN(C)CCCOc1ccc(CNC(=O)CC2CCCN2)cc1. The van der Waals surface area contributed by atoms with Crippen LogP contribution in [0.15, 0.2) is 24.3 Å². The first-order chi connectivity index (χ1) is 11.1. The lowest BCUT2D eigenvalue weighted by Gasteiger charge is -2.12. The number of nitrogens with one attached hydrogen (secondary N) is 2. The van der Waals surface area contributed by atoms with Crippen molar-refractivity contribution in [3.8, 4) is 5.75 Å². The van der Waals surface area contributed by atoms with Gasteiger partial charge in [0.05, 0.1) is 6.61 Å². The fourth-order valence-electron chi connectivity index (χ4n) is 2.70. The van der Waals surface area contributed by atoms with Crippen molar-refractivity contribution in [1.82, 2.24) is 15.5 Å². The second kappa shape index (κ2) is 9.53. The number of hydrogen-bond acceptors (Lipinski definition) is 4. The van der Waals surface area contributed by atoms with Gasteiger partial charge in [-0.2, -0.15) is 0 Å². The zero-order valence-electron chi connectivity index (χ0n) is 14.3. The molecule has 23 heavy (non-hydrogen) atoms. The second-order valence-corrected chi connectivity index (χ2v) is 6.42. The number of ether oxygens (including phenoxy) is 1. The lowest BCUT2D eigenvalue weighted by Crippen LogP contribution is -2.31. The van der Waals surface area contributed by atoms with Crippen LogP contribution in [-0.4, -0.2) is 50.6 Å². The predicted molar refractivity (Wildman–Crippen MR) is 92.6 cm³/mol. The third-order valence-electron chi connectivity index (χ3n) is 4.03. The van der Waals surface area contributed by atoms with E-state index in [4.69, 9.17) is 4.74 Å². The summed E-state index contributed by atoms with van der Waals surface area (Å²) in [5.41, 5.74) is 1.10. The van der Waals surface area contributed by atoms with Gasteiger partial charge in [-0.1, -0.05) is 12.1 Å². The Morgan fingerprint density at radius 2 is 2.13 bits per heavy atom. The van der Waals surface area contributed by atoms with Crippen molar-refractivity contribution in [1.29, 1.82) is 0 Å². The Bertz CT molecular complexity index is 468. The Balaban J connectivity index is 1.64. The van der Waals surface area contributed by atoms with Gasteiger partial charge in [0.25, 0.3) is 0 Å². The van der Waals surface area contributed by atoms with Crippen molar-refractivity contribution in [3.63, 3.8) is 0 Å². The number of benzene rings is 1. The van der Waals surface area contributed by atoms with Crippen molar-refractivity contribution >= 4 is 5.91 Å². The van der Waals surface area contributed by atoms with Crippen molar-refractivity contribution in [3.05, 3.63) is 29.8 Å². The molecule has 0 saturated carbocycles. The van der Waals surface area contributed by atoms with Gasteiger partial charge < -0.3 is 20.3 Å². The van der Waals surface area contributed by atoms with Gasteiger partial charge in [0.1, 0.15) is 5.75 Å². The van der Waals surface area contributed by atoms with E-state index < -0.39 is 0 Å². The van der Waals surface area contributed by atoms with Crippen LogP contribution in [-0.2, 0) is 11.3 Å². The lowest BCUT2D eigenvalue weighted by atomic mass is 10.1. The molecule has 1 heterocycles. The highest BCUT2D eigenvalue weighted by Gasteiger charge is 2.17.